The normalized spacial score (nSPS) is 14.6. The van der Waals surface area contributed by atoms with E-state index in [1.165, 1.54) is 12.4 Å². The van der Waals surface area contributed by atoms with E-state index >= 15 is 0 Å². The Morgan fingerprint density at radius 1 is 0.765 bits per heavy atom. The number of aryl methyl sites for hydroxylation is 2. The minimum absolute atomic E-state index is 0. The van der Waals surface area contributed by atoms with Crippen LogP contribution in [0.25, 0.3) is 42.7 Å². The van der Waals surface area contributed by atoms with Gasteiger partial charge < -0.3 is 9.97 Å². The molecule has 6 rings (SSSR count). The number of aromatic nitrogens is 2. The first-order valence-corrected chi connectivity index (χ1v) is 11.0. The summed E-state index contributed by atoms with van der Waals surface area (Å²) in [7, 11) is 0. The maximum Gasteiger partial charge on any atom is 0.0618 e. The molecule has 3 aromatic heterocycles. The number of thiophene rings is 1. The van der Waals surface area contributed by atoms with Crippen molar-refractivity contribution in [2.24, 2.45) is 0 Å². The van der Waals surface area contributed by atoms with E-state index < -0.39 is 13.7 Å². The summed E-state index contributed by atoms with van der Waals surface area (Å²) in [5.41, 5.74) is 2.56. The Labute approximate surface area is 228 Å². The fourth-order valence-electron chi connectivity index (χ4n) is 3.42. The number of hydrogen-bond donors (Lipinski definition) is 0. The van der Waals surface area contributed by atoms with E-state index in [4.69, 9.17) is 11.0 Å². The van der Waals surface area contributed by atoms with Gasteiger partial charge >= 0.3 is 0 Å². The molecule has 0 amide bonds. The molecular weight excluding hydrogens is 613 g/mol. The molecule has 0 N–H and O–H groups in total. The molecule has 0 aliphatic carbocycles. The Bertz CT molecular complexity index is 1830. The van der Waals surface area contributed by atoms with Gasteiger partial charge in [0.2, 0.25) is 0 Å². The van der Waals surface area contributed by atoms with E-state index in [1.54, 1.807) is 35.6 Å². The van der Waals surface area contributed by atoms with Crippen molar-refractivity contribution in [3.8, 4) is 22.5 Å². The largest absolute Gasteiger partial charge is 0.304 e. The van der Waals surface area contributed by atoms with Crippen molar-refractivity contribution in [1.82, 2.24) is 9.97 Å². The van der Waals surface area contributed by atoms with Gasteiger partial charge in [0, 0.05) is 45.4 Å². The first kappa shape index (κ1) is 15.7. The van der Waals surface area contributed by atoms with E-state index in [-0.39, 0.29) is 49.0 Å². The van der Waals surface area contributed by atoms with Crippen molar-refractivity contribution in [3.05, 3.63) is 121 Å². The molecule has 0 aliphatic heterocycles. The second-order valence-electron chi connectivity index (χ2n) is 7.17. The minimum Gasteiger partial charge on any atom is -0.304 e. The molecule has 6 aromatic rings. The summed E-state index contributed by atoms with van der Waals surface area (Å²) in [4.78, 5) is 8.33. The van der Waals surface area contributed by atoms with Gasteiger partial charge in [-0.15, -0.1) is 59.7 Å². The molecule has 0 unspecified atom stereocenters. The van der Waals surface area contributed by atoms with Crippen LogP contribution in [0, 0.1) is 25.8 Å². The van der Waals surface area contributed by atoms with E-state index in [9.17, 15) is 0 Å². The van der Waals surface area contributed by atoms with Crippen LogP contribution in [0.15, 0.2) is 97.3 Å². The average Bonchev–Trinajstić information content (AvgIpc) is 3.33. The molecule has 0 fully saturated rings. The molecule has 0 saturated carbocycles. The van der Waals surface area contributed by atoms with Gasteiger partial charge in [0.05, 0.1) is 2.74 Å². The summed E-state index contributed by atoms with van der Waals surface area (Å²) in [6.45, 7) is -4.54. The van der Waals surface area contributed by atoms with Crippen LogP contribution in [-0.4, -0.2) is 9.97 Å². The summed E-state index contributed by atoms with van der Waals surface area (Å²) in [5, 5.41) is 2.16. The third-order valence-electron chi connectivity index (χ3n) is 4.96. The van der Waals surface area contributed by atoms with Crippen molar-refractivity contribution in [2.75, 3.05) is 0 Å². The molecule has 34 heavy (non-hydrogen) atoms. The quantitative estimate of drug-likeness (QED) is 0.179. The van der Waals surface area contributed by atoms with Crippen molar-refractivity contribution in [3.63, 3.8) is 0 Å². The van der Waals surface area contributed by atoms with Gasteiger partial charge in [0.1, 0.15) is 0 Å². The first-order chi connectivity index (χ1) is 19.4. The molecule has 0 aliphatic rings. The number of fused-ring (bicyclic) bond motifs is 3. The van der Waals surface area contributed by atoms with Crippen LogP contribution < -0.4 is 0 Å². The molecule has 3 heterocycles. The molecule has 0 atom stereocenters. The van der Waals surface area contributed by atoms with Crippen molar-refractivity contribution >= 4 is 31.5 Å². The number of benzene rings is 3. The third-order valence-corrected chi connectivity index (χ3v) is 6.17. The zero-order valence-electron chi connectivity index (χ0n) is 25.7. The van der Waals surface area contributed by atoms with E-state index in [2.05, 4.69) is 22.1 Å². The van der Waals surface area contributed by atoms with E-state index in [0.29, 0.717) is 5.56 Å². The van der Waals surface area contributed by atoms with Crippen LogP contribution in [0.1, 0.15) is 22.1 Å². The molecule has 3 aromatic carbocycles. The van der Waals surface area contributed by atoms with Crippen LogP contribution in [-0.2, 0) is 20.1 Å². The molecular formula is C30H22IrN2S-2. The van der Waals surface area contributed by atoms with Gasteiger partial charge in [-0.25, -0.2) is 0 Å². The molecule has 1 radical (unpaired) electrons. The van der Waals surface area contributed by atoms with Gasteiger partial charge in [-0.1, -0.05) is 47.8 Å². The zero-order valence-corrected chi connectivity index (χ0v) is 20.9. The summed E-state index contributed by atoms with van der Waals surface area (Å²) in [6, 6.07) is 28.2. The Balaban J connectivity index is 0.000000207. The van der Waals surface area contributed by atoms with E-state index in [0.717, 1.165) is 31.4 Å². The van der Waals surface area contributed by atoms with Gasteiger partial charge in [-0.2, -0.15) is 11.3 Å². The minimum atomic E-state index is -2.45. The van der Waals surface area contributed by atoms with Gasteiger partial charge in [-0.3, -0.25) is 0 Å². The Morgan fingerprint density at radius 2 is 1.59 bits per heavy atom. The van der Waals surface area contributed by atoms with Gasteiger partial charge in [-0.05, 0) is 52.4 Å². The fourth-order valence-corrected chi connectivity index (χ4v) is 4.62. The van der Waals surface area contributed by atoms with Crippen molar-refractivity contribution < 1.29 is 31.1 Å². The summed E-state index contributed by atoms with van der Waals surface area (Å²) < 4.78 is 62.5. The number of rotatable bonds is 2. The van der Waals surface area contributed by atoms with Crippen LogP contribution >= 0.6 is 11.3 Å². The summed E-state index contributed by atoms with van der Waals surface area (Å²) in [6.07, 6.45) is 2.58. The Kier molecular flexibility index (Phi) is 5.00. The van der Waals surface area contributed by atoms with Crippen LogP contribution in [0.4, 0.5) is 0 Å². The predicted octanol–water partition coefficient (Wildman–Crippen LogP) is 8.08. The monoisotopic (exact) mass is 643 g/mol. The topological polar surface area (TPSA) is 25.8 Å². The molecule has 4 heteroatoms. The molecule has 2 nitrogen and oxygen atoms in total. The maximum atomic E-state index is 8.25. The van der Waals surface area contributed by atoms with Gasteiger partial charge in [0.15, 0.2) is 0 Å². The van der Waals surface area contributed by atoms with Crippen molar-refractivity contribution in [1.29, 1.82) is 0 Å². The van der Waals surface area contributed by atoms with E-state index in [1.807, 2.05) is 48.5 Å². The number of nitrogens with zero attached hydrogens (tertiary/aromatic N) is 2. The van der Waals surface area contributed by atoms with Crippen LogP contribution in [0.5, 0.6) is 0 Å². The van der Waals surface area contributed by atoms with Crippen LogP contribution in [0.2, 0.25) is 0 Å². The Hall–Kier alpha value is -3.17. The zero-order chi connectivity index (χ0) is 29.4. The molecule has 0 saturated heterocycles. The van der Waals surface area contributed by atoms with Crippen LogP contribution in [0.3, 0.4) is 0 Å². The molecule has 169 valence electrons. The average molecular weight is 643 g/mol. The number of pyridine rings is 2. The fraction of sp³-hybridized carbons (Fsp3) is 0.0667. The SMILES string of the molecule is [2H]C([2H])([2H])c1ccc(-c2[c-]cccc2)nc1.[2H]c1c(C([2H])([2H])[2H])cnc(-c2[c-]ccc3c2sc2ccccc23)c1[2H].[Ir]. The first-order valence-electron chi connectivity index (χ1n) is 14.2. The predicted molar refractivity (Wildman–Crippen MR) is 139 cm³/mol. The third kappa shape index (κ3) is 5.15. The molecule has 0 spiro atoms. The summed E-state index contributed by atoms with van der Waals surface area (Å²) in [5.74, 6) is 0. The molecule has 0 bridgehead atoms. The van der Waals surface area contributed by atoms with Gasteiger partial charge in [0.25, 0.3) is 0 Å². The maximum absolute atomic E-state index is 8.25. The van der Waals surface area contributed by atoms with Crippen molar-refractivity contribution in [2.45, 2.75) is 13.7 Å². The second kappa shape index (κ2) is 10.8. The summed E-state index contributed by atoms with van der Waals surface area (Å²) >= 11 is 1.58. The standard InChI is InChI=1S/C18H12NS.C12H10N.Ir/c1-12-9-10-16(19-11-12)15-7-4-6-14-13-5-2-3-8-17(13)20-18(14)15;1-10-7-8-12(13-9-10)11-5-3-2-4-6-11;/h2-6,8-11H,1H3;2-5,7-9H,1H3;/q2*-1;/i1D3,9D,10D;1D3;. The smallest absolute Gasteiger partial charge is 0.0618 e. The number of hydrogen-bond acceptors (Lipinski definition) is 3. The Morgan fingerprint density at radius 3 is 2.38 bits per heavy atom. The second-order valence-corrected chi connectivity index (χ2v) is 8.22.